The Morgan fingerprint density at radius 1 is 1.31 bits per heavy atom. The molecule has 0 aliphatic carbocycles. The van der Waals surface area contributed by atoms with Crippen molar-refractivity contribution in [2.45, 2.75) is 13.8 Å². The molecule has 0 heterocycles. The third kappa shape index (κ3) is 5.61. The van der Waals surface area contributed by atoms with Gasteiger partial charge in [0.15, 0.2) is 0 Å². The van der Waals surface area contributed by atoms with E-state index < -0.39 is 12.9 Å². The lowest BCUT2D eigenvalue weighted by molar-refractivity contribution is 0.513. The molecule has 0 fully saturated rings. The highest BCUT2D eigenvalue weighted by molar-refractivity contribution is 8.11. The van der Waals surface area contributed by atoms with Crippen LogP contribution in [0, 0.1) is 0 Å². The van der Waals surface area contributed by atoms with Crippen molar-refractivity contribution in [3.8, 4) is 0 Å². The lowest BCUT2D eigenvalue weighted by Crippen LogP contribution is -2.14. The quantitative estimate of drug-likeness (QED) is 0.677. The fraction of sp³-hybridized carbons (Fsp3) is 1.00. The van der Waals surface area contributed by atoms with Crippen LogP contribution in [-0.2, 0) is 4.57 Å². The van der Waals surface area contributed by atoms with Gasteiger partial charge in [0.1, 0.15) is 0 Å². The molecule has 0 saturated heterocycles. The van der Waals surface area contributed by atoms with Crippen molar-refractivity contribution >= 4 is 46.6 Å². The zero-order valence-electron chi connectivity index (χ0n) is 7.12. The third-order valence-corrected chi connectivity index (χ3v) is 7.33. The molecule has 0 aliphatic rings. The summed E-state index contributed by atoms with van der Waals surface area (Å²) in [7, 11) is 0. The highest BCUT2D eigenvalue weighted by Gasteiger charge is 2.26. The molecule has 1 atom stereocenters. The Kier molecular flexibility index (Phi) is 5.85. The normalized spacial score (nSPS) is 17.2. The molecule has 80 valence electrons. The van der Waals surface area contributed by atoms with Crippen molar-refractivity contribution in [1.29, 1.82) is 0 Å². The lowest BCUT2D eigenvalue weighted by atomic mass is 10.7. The van der Waals surface area contributed by atoms with Crippen molar-refractivity contribution in [3.63, 3.8) is 0 Å². The molecule has 0 aromatic rings. The van der Waals surface area contributed by atoms with E-state index in [9.17, 15) is 8.76 Å². The number of hydrogen-bond acceptors (Lipinski definition) is 1. The average Bonchev–Trinajstić information content (AvgIpc) is 1.83. The Morgan fingerprint density at radius 3 is 1.92 bits per heavy atom. The SMILES string of the molecule is CCN(CC)P(Cl)(Cl)=NP(=O)(F)Cl. The molecule has 0 bridgehead atoms. The van der Waals surface area contributed by atoms with Gasteiger partial charge in [-0.25, -0.2) is 9.24 Å². The largest absolute Gasteiger partial charge is 0.444 e. The van der Waals surface area contributed by atoms with Crippen LogP contribution in [0.4, 0.5) is 4.20 Å². The standard InChI is InChI=1S/C4H10Cl3FN2OP2/c1-3-10(4-2)12(5,6)9-13(7,8)11/h3-4H2,1-2H3. The Labute approximate surface area is 91.6 Å². The van der Waals surface area contributed by atoms with Gasteiger partial charge in [-0.2, -0.15) is 4.52 Å². The fourth-order valence-electron chi connectivity index (χ4n) is 0.746. The monoisotopic (exact) mass is 288 g/mol. The molecular weight excluding hydrogens is 279 g/mol. The second-order valence-corrected chi connectivity index (χ2v) is 9.78. The maximum Gasteiger partial charge on any atom is 0.444 e. The van der Waals surface area contributed by atoms with Gasteiger partial charge in [0.05, 0.1) is 0 Å². The van der Waals surface area contributed by atoms with Crippen LogP contribution >= 0.6 is 46.6 Å². The van der Waals surface area contributed by atoms with E-state index in [1.54, 1.807) is 13.8 Å². The van der Waals surface area contributed by atoms with Crippen LogP contribution in [-0.4, -0.2) is 17.8 Å². The van der Waals surface area contributed by atoms with Gasteiger partial charge in [-0.05, 0) is 22.5 Å². The zero-order chi connectivity index (χ0) is 10.7. The van der Waals surface area contributed by atoms with Crippen LogP contribution in [0.5, 0.6) is 0 Å². The molecule has 1 unspecified atom stereocenters. The van der Waals surface area contributed by atoms with Gasteiger partial charge >= 0.3 is 6.96 Å². The van der Waals surface area contributed by atoms with Crippen LogP contribution < -0.4 is 0 Å². The molecule has 0 aromatic heterocycles. The number of rotatable bonds is 4. The molecule has 0 radical (unpaired) electrons. The minimum absolute atomic E-state index is 0.498. The number of halogens is 4. The molecular formula is C4H10Cl3FN2OP2. The molecule has 9 heteroatoms. The van der Waals surface area contributed by atoms with Crippen LogP contribution in [0.15, 0.2) is 4.52 Å². The van der Waals surface area contributed by atoms with Gasteiger partial charge in [-0.1, -0.05) is 13.8 Å². The molecule has 13 heavy (non-hydrogen) atoms. The maximum atomic E-state index is 12.5. The van der Waals surface area contributed by atoms with Gasteiger partial charge in [-0.3, -0.25) is 0 Å². The first-order valence-electron chi connectivity index (χ1n) is 3.51. The first-order chi connectivity index (χ1) is 5.73. The van der Waals surface area contributed by atoms with Gasteiger partial charge < -0.3 is 0 Å². The second-order valence-electron chi connectivity index (χ2n) is 2.12. The summed E-state index contributed by atoms with van der Waals surface area (Å²) in [5.74, 6) is -3.04. The van der Waals surface area contributed by atoms with E-state index in [2.05, 4.69) is 4.52 Å². The predicted octanol–water partition coefficient (Wildman–Crippen LogP) is 5.07. The van der Waals surface area contributed by atoms with Crippen LogP contribution in [0.3, 0.4) is 0 Å². The van der Waals surface area contributed by atoms with E-state index in [-0.39, 0.29) is 0 Å². The van der Waals surface area contributed by atoms with E-state index >= 15 is 0 Å². The van der Waals surface area contributed by atoms with E-state index in [1.807, 2.05) is 0 Å². The Morgan fingerprint density at radius 2 is 1.69 bits per heavy atom. The van der Waals surface area contributed by atoms with Crippen LogP contribution in [0.2, 0.25) is 0 Å². The molecule has 0 rings (SSSR count). The highest BCUT2D eigenvalue weighted by Crippen LogP contribution is 2.72. The number of nitrogens with zero attached hydrogens (tertiary/aromatic N) is 2. The first kappa shape index (κ1) is 14.2. The summed E-state index contributed by atoms with van der Waals surface area (Å²) in [4.78, 5) is 0. The van der Waals surface area contributed by atoms with Crippen molar-refractivity contribution in [1.82, 2.24) is 4.67 Å². The smallest absolute Gasteiger partial charge is 0.246 e. The van der Waals surface area contributed by atoms with Crippen molar-refractivity contribution in [2.24, 2.45) is 4.52 Å². The first-order valence-corrected chi connectivity index (χ1v) is 9.47. The Balaban J connectivity index is 4.93. The molecule has 3 nitrogen and oxygen atoms in total. The Hall–Kier alpha value is 1.22. The summed E-state index contributed by atoms with van der Waals surface area (Å²) in [5.41, 5.74) is 0. The Bertz CT molecular complexity index is 258. The maximum absolute atomic E-state index is 12.5. The number of hydrogen-bond donors (Lipinski definition) is 0. The molecule has 0 spiro atoms. The second kappa shape index (κ2) is 5.34. The molecule has 0 aromatic carbocycles. The summed E-state index contributed by atoms with van der Waals surface area (Å²) in [6.07, 6.45) is 0. The van der Waals surface area contributed by atoms with Crippen molar-refractivity contribution in [3.05, 3.63) is 0 Å². The summed E-state index contributed by atoms with van der Waals surface area (Å²) in [6, 6.07) is 0. The van der Waals surface area contributed by atoms with Gasteiger partial charge in [0.2, 0.25) is 5.91 Å². The van der Waals surface area contributed by atoms with E-state index in [0.29, 0.717) is 13.1 Å². The van der Waals surface area contributed by atoms with Crippen molar-refractivity contribution < 1.29 is 8.76 Å². The predicted molar refractivity (Wildman–Crippen MR) is 58.5 cm³/mol. The molecule has 0 amide bonds. The lowest BCUT2D eigenvalue weighted by Gasteiger charge is -2.23. The minimum atomic E-state index is -4.53. The minimum Gasteiger partial charge on any atom is -0.246 e. The van der Waals surface area contributed by atoms with Gasteiger partial charge in [0, 0.05) is 24.3 Å². The van der Waals surface area contributed by atoms with E-state index in [0.717, 1.165) is 0 Å². The van der Waals surface area contributed by atoms with E-state index in [4.69, 9.17) is 33.7 Å². The van der Waals surface area contributed by atoms with Crippen LogP contribution in [0.1, 0.15) is 13.8 Å². The zero-order valence-corrected chi connectivity index (χ0v) is 11.2. The van der Waals surface area contributed by atoms with Gasteiger partial charge in [0.25, 0.3) is 0 Å². The topological polar surface area (TPSA) is 32.7 Å². The van der Waals surface area contributed by atoms with E-state index in [1.165, 1.54) is 4.67 Å². The fourth-order valence-corrected chi connectivity index (χ4v) is 7.23. The average molecular weight is 289 g/mol. The van der Waals surface area contributed by atoms with Crippen LogP contribution in [0.25, 0.3) is 0 Å². The highest BCUT2D eigenvalue weighted by atomic mass is 35.9. The summed E-state index contributed by atoms with van der Waals surface area (Å²) < 4.78 is 27.7. The summed E-state index contributed by atoms with van der Waals surface area (Å²) >= 11 is 16.3. The van der Waals surface area contributed by atoms with Gasteiger partial charge in [-0.15, -0.1) is 4.20 Å². The summed E-state index contributed by atoms with van der Waals surface area (Å²) in [5, 5.41) is 0. The molecule has 0 saturated carbocycles. The summed E-state index contributed by atoms with van der Waals surface area (Å²) in [6.45, 7) is 0.0442. The third-order valence-electron chi connectivity index (χ3n) is 1.28. The molecule has 0 aliphatic heterocycles. The molecule has 0 N–H and O–H groups in total. The van der Waals surface area contributed by atoms with Crippen molar-refractivity contribution in [2.75, 3.05) is 13.1 Å².